The third-order valence-corrected chi connectivity index (χ3v) is 4.23. The average Bonchev–Trinajstić information content (AvgIpc) is 2.55. The molecule has 0 fully saturated rings. The Morgan fingerprint density at radius 1 is 1.13 bits per heavy atom. The van der Waals surface area contributed by atoms with Crippen LogP contribution in [0.2, 0.25) is 0 Å². The molecule has 0 aliphatic heterocycles. The van der Waals surface area contributed by atoms with Gasteiger partial charge in [-0.05, 0) is 42.1 Å². The molecule has 132 valence electrons. The lowest BCUT2D eigenvalue weighted by molar-refractivity contribution is -0.0112. The summed E-state index contributed by atoms with van der Waals surface area (Å²) in [6, 6.07) is 7.69. The zero-order valence-corrected chi connectivity index (χ0v) is 15.5. The van der Waals surface area contributed by atoms with Crippen LogP contribution < -0.4 is 10.2 Å². The van der Waals surface area contributed by atoms with Gasteiger partial charge in [0.05, 0.1) is 31.4 Å². The summed E-state index contributed by atoms with van der Waals surface area (Å²) in [5.41, 5.74) is 3.87. The molecule has 5 nitrogen and oxygen atoms in total. The van der Waals surface area contributed by atoms with Gasteiger partial charge in [-0.15, -0.1) is 0 Å². The van der Waals surface area contributed by atoms with Crippen molar-refractivity contribution in [3.63, 3.8) is 0 Å². The number of nitrogens with one attached hydrogen (secondary N) is 1. The van der Waals surface area contributed by atoms with E-state index in [-0.39, 0.29) is 6.10 Å². The fourth-order valence-electron chi connectivity index (χ4n) is 1.80. The van der Waals surface area contributed by atoms with Crippen LogP contribution in [0.1, 0.15) is 13.3 Å². The molecule has 0 saturated heterocycles. The molecule has 1 N–H and O–H groups in total. The third-order valence-electron chi connectivity index (χ3n) is 3.12. The first kappa shape index (κ1) is 20.1. The molecule has 1 atom stereocenters. The summed E-state index contributed by atoms with van der Waals surface area (Å²) in [4.78, 5) is 5.45. The minimum Gasteiger partial charge on any atom is -0.491 e. The predicted octanol–water partition coefficient (Wildman–Crippen LogP) is 2.73. The summed E-state index contributed by atoms with van der Waals surface area (Å²) in [5, 5.41) is 0. The zero-order chi connectivity index (χ0) is 16.9. The Morgan fingerprint density at radius 2 is 1.87 bits per heavy atom. The molecule has 0 aromatic heterocycles. The topological polar surface area (TPSA) is 49.0 Å². The van der Waals surface area contributed by atoms with E-state index in [1.165, 1.54) is 5.75 Å². The summed E-state index contributed by atoms with van der Waals surface area (Å²) in [5.74, 6) is 2.01. The molecular weight excluding hydrogens is 314 g/mol. The zero-order valence-electron chi connectivity index (χ0n) is 14.7. The van der Waals surface area contributed by atoms with Gasteiger partial charge in [0.1, 0.15) is 24.2 Å². The van der Waals surface area contributed by atoms with Crippen LogP contribution in [0.4, 0.5) is 5.69 Å². The first-order chi connectivity index (χ1) is 11.2. The number of hydrogen-bond donors (Lipinski definition) is 1. The van der Waals surface area contributed by atoms with E-state index in [4.69, 9.17) is 19.0 Å². The lowest BCUT2D eigenvalue weighted by atomic mass is 10.3. The van der Waals surface area contributed by atoms with E-state index in [9.17, 15) is 0 Å². The van der Waals surface area contributed by atoms with Crippen molar-refractivity contribution in [2.45, 2.75) is 19.4 Å². The van der Waals surface area contributed by atoms with Gasteiger partial charge in [-0.2, -0.15) is 0 Å². The highest BCUT2D eigenvalue weighted by Gasteiger charge is 2.08. The van der Waals surface area contributed by atoms with Crippen molar-refractivity contribution in [2.75, 3.05) is 57.3 Å². The Hall–Kier alpha value is -0.950. The molecule has 6 heteroatoms. The smallest absolute Gasteiger partial charge is 0.119 e. The van der Waals surface area contributed by atoms with Crippen molar-refractivity contribution < 1.29 is 19.0 Å². The van der Waals surface area contributed by atoms with Gasteiger partial charge in [-0.3, -0.25) is 10.3 Å². The van der Waals surface area contributed by atoms with Gasteiger partial charge in [0, 0.05) is 20.1 Å². The second-order valence-electron chi connectivity index (χ2n) is 5.35. The van der Waals surface area contributed by atoms with Crippen LogP contribution in [-0.2, 0) is 25.2 Å². The van der Waals surface area contributed by atoms with Gasteiger partial charge in [0.15, 0.2) is 0 Å². The lowest BCUT2D eigenvalue weighted by Gasteiger charge is -2.16. The minimum atomic E-state index is -0.0576. The summed E-state index contributed by atoms with van der Waals surface area (Å²) >= 11 is 0. The maximum atomic E-state index is 5.71. The normalized spacial score (nSPS) is 12.4. The number of rotatable bonds is 13. The monoisotopic (exact) mass is 344 g/mol. The Labute approximate surface area is 142 Å². The molecule has 0 aliphatic carbocycles. The fraction of sp³-hybridized carbons (Fsp3) is 0.647. The van der Waals surface area contributed by atoms with E-state index in [2.05, 4.69) is 18.0 Å². The standard InChI is InChI=1S/C17H30NO4S/c1-5-20-13-17(19-2)14-21-16-9-7-15(8-10-16)18-22-11-6-12-23(3)4/h7-10,17-18H,5-6,11-14H2,1-4H3/q+1. The molecule has 0 aliphatic rings. The molecule has 1 aromatic carbocycles. The number of ether oxygens (including phenoxy) is 3. The van der Waals surface area contributed by atoms with E-state index in [1.807, 2.05) is 31.2 Å². The molecule has 0 bridgehead atoms. The second kappa shape index (κ2) is 12.5. The largest absolute Gasteiger partial charge is 0.491 e. The lowest BCUT2D eigenvalue weighted by Crippen LogP contribution is -2.25. The predicted molar refractivity (Wildman–Crippen MR) is 97.5 cm³/mol. The Kier molecular flexibility index (Phi) is 10.9. The van der Waals surface area contributed by atoms with Crippen molar-refractivity contribution in [3.05, 3.63) is 24.3 Å². The SMILES string of the molecule is CCOCC(COc1ccc(NOCCC[S+](C)C)cc1)OC. The molecule has 0 saturated carbocycles. The summed E-state index contributed by atoms with van der Waals surface area (Å²) in [6.45, 7) is 4.37. The summed E-state index contributed by atoms with van der Waals surface area (Å²) < 4.78 is 16.4. The van der Waals surface area contributed by atoms with Gasteiger partial charge in [-0.25, -0.2) is 0 Å². The summed E-state index contributed by atoms with van der Waals surface area (Å²) in [6.07, 6.45) is 5.50. The van der Waals surface area contributed by atoms with Crippen LogP contribution in [0.5, 0.6) is 5.75 Å². The molecule has 1 aromatic rings. The van der Waals surface area contributed by atoms with Gasteiger partial charge >= 0.3 is 0 Å². The van der Waals surface area contributed by atoms with Crippen LogP contribution in [-0.4, -0.2) is 57.9 Å². The molecule has 23 heavy (non-hydrogen) atoms. The molecule has 1 rings (SSSR count). The number of benzene rings is 1. The maximum Gasteiger partial charge on any atom is 0.119 e. The van der Waals surface area contributed by atoms with Crippen molar-refractivity contribution >= 4 is 16.6 Å². The van der Waals surface area contributed by atoms with Crippen molar-refractivity contribution in [2.24, 2.45) is 0 Å². The van der Waals surface area contributed by atoms with Crippen molar-refractivity contribution in [1.82, 2.24) is 0 Å². The second-order valence-corrected chi connectivity index (χ2v) is 7.73. The molecule has 1 unspecified atom stereocenters. The Balaban J connectivity index is 2.24. The summed E-state index contributed by atoms with van der Waals surface area (Å²) in [7, 11) is 2.14. The van der Waals surface area contributed by atoms with Crippen LogP contribution in [0.15, 0.2) is 24.3 Å². The van der Waals surface area contributed by atoms with Crippen LogP contribution in [0, 0.1) is 0 Å². The van der Waals surface area contributed by atoms with E-state index in [1.54, 1.807) is 7.11 Å². The van der Waals surface area contributed by atoms with Crippen molar-refractivity contribution in [3.8, 4) is 5.75 Å². The van der Waals surface area contributed by atoms with Crippen LogP contribution in [0.25, 0.3) is 0 Å². The first-order valence-electron chi connectivity index (χ1n) is 7.91. The highest BCUT2D eigenvalue weighted by molar-refractivity contribution is 7.95. The first-order valence-corrected chi connectivity index (χ1v) is 10.1. The van der Waals surface area contributed by atoms with Gasteiger partial charge in [0.25, 0.3) is 0 Å². The van der Waals surface area contributed by atoms with Crippen molar-refractivity contribution in [1.29, 1.82) is 0 Å². The Bertz CT molecular complexity index is 400. The maximum absolute atomic E-state index is 5.71. The number of methoxy groups -OCH3 is 1. The molecule has 0 heterocycles. The molecule has 0 radical (unpaired) electrons. The minimum absolute atomic E-state index is 0.0576. The number of hydrogen-bond acceptors (Lipinski definition) is 5. The highest BCUT2D eigenvalue weighted by Crippen LogP contribution is 2.16. The van der Waals surface area contributed by atoms with Gasteiger partial charge in [0.2, 0.25) is 0 Å². The number of anilines is 1. The molecule has 0 spiro atoms. The highest BCUT2D eigenvalue weighted by atomic mass is 32.2. The van der Waals surface area contributed by atoms with E-state index >= 15 is 0 Å². The quantitative estimate of drug-likeness (QED) is 0.339. The van der Waals surface area contributed by atoms with Gasteiger partial charge < -0.3 is 14.2 Å². The third kappa shape index (κ3) is 9.71. The average molecular weight is 344 g/mol. The molecule has 0 amide bonds. The van der Waals surface area contributed by atoms with Gasteiger partial charge in [-0.1, -0.05) is 0 Å². The van der Waals surface area contributed by atoms with E-state index < -0.39 is 0 Å². The Morgan fingerprint density at radius 3 is 2.48 bits per heavy atom. The van der Waals surface area contributed by atoms with E-state index in [0.29, 0.717) is 30.7 Å². The van der Waals surface area contributed by atoms with E-state index in [0.717, 1.165) is 24.5 Å². The molecular formula is C17H30NO4S+. The van der Waals surface area contributed by atoms with Crippen LogP contribution in [0.3, 0.4) is 0 Å². The van der Waals surface area contributed by atoms with Crippen LogP contribution >= 0.6 is 0 Å². The fourth-order valence-corrected chi connectivity index (χ4v) is 2.49.